The Hall–Kier alpha value is -1.84. The van der Waals surface area contributed by atoms with Crippen LogP contribution in [0.3, 0.4) is 0 Å². The van der Waals surface area contributed by atoms with Gasteiger partial charge in [-0.3, -0.25) is 9.59 Å². The molecule has 0 radical (unpaired) electrons. The quantitative estimate of drug-likeness (QED) is 0.797. The number of amides is 2. The second-order valence-electron chi connectivity index (χ2n) is 6.91. The zero-order valence-corrected chi connectivity index (χ0v) is 13.5. The number of hydrogen-bond acceptors (Lipinski definition) is 2. The molecule has 0 saturated carbocycles. The highest BCUT2D eigenvalue weighted by molar-refractivity contribution is 5.95. The average molecular weight is 288 g/mol. The van der Waals surface area contributed by atoms with Crippen molar-refractivity contribution in [2.45, 2.75) is 33.9 Å². The second-order valence-corrected chi connectivity index (χ2v) is 6.91. The molecule has 0 spiro atoms. The first-order valence-electron chi connectivity index (χ1n) is 7.36. The van der Waals surface area contributed by atoms with Crippen LogP contribution in [-0.4, -0.2) is 41.4 Å². The van der Waals surface area contributed by atoms with Crippen molar-refractivity contribution in [2.24, 2.45) is 11.3 Å². The first-order valence-corrected chi connectivity index (χ1v) is 7.36. The van der Waals surface area contributed by atoms with Gasteiger partial charge in [-0.2, -0.15) is 0 Å². The van der Waals surface area contributed by atoms with E-state index in [4.69, 9.17) is 0 Å². The number of hydrogen-bond donors (Lipinski definition) is 0. The topological polar surface area (TPSA) is 40.6 Å². The summed E-state index contributed by atoms with van der Waals surface area (Å²) in [5.41, 5.74) is 0.469. The van der Waals surface area contributed by atoms with Gasteiger partial charge in [0.25, 0.3) is 5.91 Å². The third-order valence-electron chi connectivity index (χ3n) is 3.96. The Kier molecular flexibility index (Phi) is 4.08. The second kappa shape index (κ2) is 5.51. The third kappa shape index (κ3) is 2.94. The van der Waals surface area contributed by atoms with Crippen molar-refractivity contribution in [1.82, 2.24) is 9.80 Å². The molecule has 1 saturated heterocycles. The molecule has 1 heterocycles. The molecule has 1 aromatic rings. The molecular formula is C17H24N2O2. The number of carbonyl (C=O) groups is 2. The summed E-state index contributed by atoms with van der Waals surface area (Å²) in [4.78, 5) is 28.7. The predicted molar refractivity (Wildman–Crippen MR) is 82.7 cm³/mol. The highest BCUT2D eigenvalue weighted by Gasteiger charge is 2.44. The molecular weight excluding hydrogens is 264 g/mol. The SMILES string of the molecule is CC1CN(C(=O)c2ccccc2)C(C(C)(C)C)N(C)C1=O. The molecule has 2 amide bonds. The molecule has 1 aliphatic rings. The van der Waals surface area contributed by atoms with Crippen molar-refractivity contribution in [3.8, 4) is 0 Å². The van der Waals surface area contributed by atoms with Gasteiger partial charge < -0.3 is 9.80 Å². The van der Waals surface area contributed by atoms with Crippen LogP contribution in [-0.2, 0) is 4.79 Å². The summed E-state index contributed by atoms with van der Waals surface area (Å²) in [6, 6.07) is 9.27. The minimum atomic E-state index is -0.228. The predicted octanol–water partition coefficient (Wildman–Crippen LogP) is 2.61. The van der Waals surface area contributed by atoms with Crippen LogP contribution in [0.15, 0.2) is 30.3 Å². The molecule has 0 bridgehead atoms. The molecule has 114 valence electrons. The van der Waals surface area contributed by atoms with Gasteiger partial charge in [-0.05, 0) is 12.1 Å². The van der Waals surface area contributed by atoms with Gasteiger partial charge in [0.15, 0.2) is 0 Å². The first kappa shape index (κ1) is 15.5. The summed E-state index contributed by atoms with van der Waals surface area (Å²) in [7, 11) is 1.79. The Bertz CT molecular complexity index is 533. The van der Waals surface area contributed by atoms with E-state index < -0.39 is 0 Å². The van der Waals surface area contributed by atoms with Crippen molar-refractivity contribution in [3.05, 3.63) is 35.9 Å². The molecule has 1 aromatic carbocycles. The monoisotopic (exact) mass is 288 g/mol. The van der Waals surface area contributed by atoms with E-state index in [9.17, 15) is 9.59 Å². The Labute approximate surface area is 126 Å². The zero-order valence-electron chi connectivity index (χ0n) is 13.5. The molecule has 1 fully saturated rings. The minimum absolute atomic E-state index is 0.0123. The standard InChI is InChI=1S/C17H24N2O2/c1-12-11-19(15(21)13-9-7-6-8-10-13)16(17(2,3)4)18(5)14(12)20/h6-10,12,16H,11H2,1-5H3. The lowest BCUT2D eigenvalue weighted by molar-refractivity contribution is -0.151. The molecule has 2 atom stereocenters. The summed E-state index contributed by atoms with van der Waals surface area (Å²) in [5, 5.41) is 0. The van der Waals surface area contributed by atoms with Crippen LogP contribution >= 0.6 is 0 Å². The van der Waals surface area contributed by atoms with Crippen LogP contribution in [0.2, 0.25) is 0 Å². The van der Waals surface area contributed by atoms with Crippen molar-refractivity contribution in [3.63, 3.8) is 0 Å². The van der Waals surface area contributed by atoms with Gasteiger partial charge in [-0.15, -0.1) is 0 Å². The van der Waals surface area contributed by atoms with E-state index in [-0.39, 0.29) is 29.3 Å². The third-order valence-corrected chi connectivity index (χ3v) is 3.96. The van der Waals surface area contributed by atoms with Gasteiger partial charge in [0.05, 0.1) is 5.92 Å². The smallest absolute Gasteiger partial charge is 0.255 e. The maximum atomic E-state index is 12.8. The van der Waals surface area contributed by atoms with E-state index in [1.54, 1.807) is 11.9 Å². The molecule has 1 aliphatic heterocycles. The largest absolute Gasteiger partial charge is 0.324 e. The Balaban J connectivity index is 2.39. The summed E-state index contributed by atoms with van der Waals surface area (Å²) < 4.78 is 0. The highest BCUT2D eigenvalue weighted by Crippen LogP contribution is 2.32. The van der Waals surface area contributed by atoms with Gasteiger partial charge in [-0.1, -0.05) is 45.9 Å². The number of nitrogens with zero attached hydrogens (tertiary/aromatic N) is 2. The highest BCUT2D eigenvalue weighted by atomic mass is 16.2. The van der Waals surface area contributed by atoms with Gasteiger partial charge in [0.1, 0.15) is 6.17 Å². The van der Waals surface area contributed by atoms with E-state index in [0.717, 1.165) is 0 Å². The lowest BCUT2D eigenvalue weighted by Gasteiger charge is -2.50. The average Bonchev–Trinajstić information content (AvgIpc) is 2.43. The summed E-state index contributed by atoms with van der Waals surface area (Å²) >= 11 is 0. The molecule has 0 aliphatic carbocycles. The molecule has 4 heteroatoms. The summed E-state index contributed by atoms with van der Waals surface area (Å²) in [6.07, 6.45) is -0.228. The zero-order chi connectivity index (χ0) is 15.8. The lowest BCUT2D eigenvalue weighted by atomic mass is 9.86. The number of benzene rings is 1. The van der Waals surface area contributed by atoms with E-state index in [1.807, 2.05) is 42.2 Å². The minimum Gasteiger partial charge on any atom is -0.324 e. The van der Waals surface area contributed by atoms with Crippen molar-refractivity contribution >= 4 is 11.8 Å². The summed E-state index contributed by atoms with van der Waals surface area (Å²) in [5.74, 6) is -0.0741. The fraction of sp³-hybridized carbons (Fsp3) is 0.529. The van der Waals surface area contributed by atoms with Crippen LogP contribution in [0.5, 0.6) is 0 Å². The molecule has 0 aromatic heterocycles. The van der Waals surface area contributed by atoms with Crippen LogP contribution < -0.4 is 0 Å². The van der Waals surface area contributed by atoms with Crippen LogP contribution in [0.4, 0.5) is 0 Å². The fourth-order valence-corrected chi connectivity index (χ4v) is 3.14. The lowest BCUT2D eigenvalue weighted by Crippen LogP contribution is -2.64. The normalized spacial score (nSPS) is 23.4. The van der Waals surface area contributed by atoms with Crippen molar-refractivity contribution < 1.29 is 9.59 Å². The number of rotatable bonds is 1. The van der Waals surface area contributed by atoms with Gasteiger partial charge in [0.2, 0.25) is 5.91 Å². The van der Waals surface area contributed by atoms with Crippen molar-refractivity contribution in [2.75, 3.05) is 13.6 Å². The molecule has 4 nitrogen and oxygen atoms in total. The maximum absolute atomic E-state index is 12.8. The first-order chi connectivity index (χ1) is 9.73. The molecule has 0 N–H and O–H groups in total. The van der Waals surface area contributed by atoms with Crippen LogP contribution in [0.25, 0.3) is 0 Å². The van der Waals surface area contributed by atoms with Crippen LogP contribution in [0, 0.1) is 11.3 Å². The van der Waals surface area contributed by atoms with Gasteiger partial charge in [0, 0.05) is 24.6 Å². The summed E-state index contributed by atoms with van der Waals surface area (Å²) in [6.45, 7) is 8.52. The van der Waals surface area contributed by atoms with E-state index in [0.29, 0.717) is 12.1 Å². The van der Waals surface area contributed by atoms with Crippen molar-refractivity contribution in [1.29, 1.82) is 0 Å². The van der Waals surface area contributed by atoms with Gasteiger partial charge in [-0.25, -0.2) is 0 Å². The number of carbonyl (C=O) groups excluding carboxylic acids is 2. The van der Waals surface area contributed by atoms with Gasteiger partial charge >= 0.3 is 0 Å². The Morgan fingerprint density at radius 2 is 1.76 bits per heavy atom. The Morgan fingerprint density at radius 1 is 1.19 bits per heavy atom. The van der Waals surface area contributed by atoms with E-state index >= 15 is 0 Å². The van der Waals surface area contributed by atoms with E-state index in [1.165, 1.54) is 0 Å². The maximum Gasteiger partial charge on any atom is 0.255 e. The molecule has 2 unspecified atom stereocenters. The molecule has 21 heavy (non-hydrogen) atoms. The fourth-order valence-electron chi connectivity index (χ4n) is 3.14. The molecule has 2 rings (SSSR count). The van der Waals surface area contributed by atoms with Crippen LogP contribution in [0.1, 0.15) is 38.1 Å². The Morgan fingerprint density at radius 3 is 2.29 bits per heavy atom. The van der Waals surface area contributed by atoms with E-state index in [2.05, 4.69) is 20.8 Å².